The molecule has 4 heteroatoms. The number of aliphatic hydroxyl groups excluding tert-OH is 1. The molecule has 1 fully saturated rings. The molecule has 1 saturated carbocycles. The van der Waals surface area contributed by atoms with Gasteiger partial charge in [0.1, 0.15) is 0 Å². The monoisotopic (exact) mass is 180 g/mol. The summed E-state index contributed by atoms with van der Waals surface area (Å²) in [6, 6.07) is 1.90. The standard InChI is InChI=1S/C9H12N2O2/c12-5-7-3-8(7)11-9(13)6-1-2-10-4-6/h1-2,4,7-8,10,12H,3,5H2,(H,11,13)/t7-,8+/m0/s1. The maximum atomic E-state index is 11.4. The van der Waals surface area contributed by atoms with Crippen LogP contribution in [-0.2, 0) is 0 Å². The molecule has 0 radical (unpaired) electrons. The highest BCUT2D eigenvalue weighted by Gasteiger charge is 2.37. The lowest BCUT2D eigenvalue weighted by Crippen LogP contribution is -2.26. The van der Waals surface area contributed by atoms with Gasteiger partial charge in [0.2, 0.25) is 0 Å². The number of rotatable bonds is 3. The maximum absolute atomic E-state index is 11.4. The second kappa shape index (κ2) is 3.22. The van der Waals surface area contributed by atoms with Crippen LogP contribution in [-0.4, -0.2) is 28.6 Å². The van der Waals surface area contributed by atoms with Crippen molar-refractivity contribution in [1.82, 2.24) is 10.3 Å². The minimum absolute atomic E-state index is 0.0674. The van der Waals surface area contributed by atoms with Gasteiger partial charge in [0, 0.05) is 31.0 Å². The molecule has 0 unspecified atom stereocenters. The van der Waals surface area contributed by atoms with Gasteiger partial charge in [0.15, 0.2) is 0 Å². The molecular weight excluding hydrogens is 168 g/mol. The van der Waals surface area contributed by atoms with Gasteiger partial charge in [-0.05, 0) is 12.5 Å². The van der Waals surface area contributed by atoms with Crippen LogP contribution in [0, 0.1) is 5.92 Å². The number of nitrogens with one attached hydrogen (secondary N) is 2. The van der Waals surface area contributed by atoms with E-state index in [1.165, 1.54) is 0 Å². The van der Waals surface area contributed by atoms with E-state index in [-0.39, 0.29) is 24.5 Å². The zero-order valence-electron chi connectivity index (χ0n) is 7.16. The van der Waals surface area contributed by atoms with Gasteiger partial charge in [-0.1, -0.05) is 0 Å². The van der Waals surface area contributed by atoms with Gasteiger partial charge in [-0.3, -0.25) is 4.79 Å². The first-order valence-corrected chi connectivity index (χ1v) is 4.36. The van der Waals surface area contributed by atoms with Gasteiger partial charge in [-0.15, -0.1) is 0 Å². The summed E-state index contributed by atoms with van der Waals surface area (Å²) < 4.78 is 0. The summed E-state index contributed by atoms with van der Waals surface area (Å²) >= 11 is 0. The topological polar surface area (TPSA) is 65.1 Å². The van der Waals surface area contributed by atoms with Crippen LogP contribution in [0.15, 0.2) is 18.5 Å². The summed E-state index contributed by atoms with van der Waals surface area (Å²) in [6.07, 6.45) is 4.27. The Morgan fingerprint density at radius 2 is 2.62 bits per heavy atom. The number of aromatic nitrogens is 1. The number of aromatic amines is 1. The van der Waals surface area contributed by atoms with Crippen molar-refractivity contribution in [2.24, 2.45) is 5.92 Å². The molecule has 2 atom stereocenters. The van der Waals surface area contributed by atoms with Crippen molar-refractivity contribution < 1.29 is 9.90 Å². The van der Waals surface area contributed by atoms with E-state index in [0.717, 1.165) is 6.42 Å². The maximum Gasteiger partial charge on any atom is 0.253 e. The Labute approximate surface area is 76.0 Å². The third-order valence-corrected chi connectivity index (χ3v) is 2.33. The zero-order valence-corrected chi connectivity index (χ0v) is 7.16. The molecule has 3 N–H and O–H groups in total. The molecule has 1 aliphatic carbocycles. The molecule has 1 aliphatic rings. The van der Waals surface area contributed by atoms with Crippen LogP contribution in [0.3, 0.4) is 0 Å². The molecule has 0 aliphatic heterocycles. The molecule has 1 aromatic heterocycles. The number of amides is 1. The molecule has 70 valence electrons. The van der Waals surface area contributed by atoms with E-state index < -0.39 is 0 Å². The fourth-order valence-corrected chi connectivity index (χ4v) is 1.34. The average molecular weight is 180 g/mol. The van der Waals surface area contributed by atoms with Crippen molar-refractivity contribution in [3.63, 3.8) is 0 Å². The predicted octanol–water partition coefficient (Wildman–Crippen LogP) is 0.125. The van der Waals surface area contributed by atoms with Crippen LogP contribution in [0.4, 0.5) is 0 Å². The first-order chi connectivity index (χ1) is 6.31. The Kier molecular flexibility index (Phi) is 2.06. The Hall–Kier alpha value is -1.29. The first-order valence-electron chi connectivity index (χ1n) is 4.36. The number of carbonyl (C=O) groups excluding carboxylic acids is 1. The van der Waals surface area contributed by atoms with E-state index in [4.69, 9.17) is 5.11 Å². The molecule has 0 saturated heterocycles. The Bertz CT molecular complexity index is 295. The lowest BCUT2D eigenvalue weighted by Gasteiger charge is -2.00. The lowest BCUT2D eigenvalue weighted by molar-refractivity contribution is 0.0947. The highest BCUT2D eigenvalue weighted by molar-refractivity contribution is 5.94. The van der Waals surface area contributed by atoms with E-state index in [9.17, 15) is 4.79 Å². The quantitative estimate of drug-likeness (QED) is 0.618. The van der Waals surface area contributed by atoms with Crippen LogP contribution >= 0.6 is 0 Å². The SMILES string of the molecule is O=C(N[C@@H]1C[C@H]1CO)c1cc[nH]c1. The summed E-state index contributed by atoms with van der Waals surface area (Å²) in [4.78, 5) is 14.2. The molecule has 1 aromatic rings. The van der Waals surface area contributed by atoms with Crippen LogP contribution in [0.5, 0.6) is 0 Å². The molecule has 1 amide bonds. The summed E-state index contributed by atoms with van der Waals surface area (Å²) in [5.74, 6) is 0.199. The zero-order chi connectivity index (χ0) is 9.26. The molecule has 1 heterocycles. The van der Waals surface area contributed by atoms with Crippen LogP contribution in [0.1, 0.15) is 16.8 Å². The van der Waals surface area contributed by atoms with Gasteiger partial charge in [-0.25, -0.2) is 0 Å². The number of aliphatic hydroxyl groups is 1. The van der Waals surface area contributed by atoms with Crippen LogP contribution in [0.2, 0.25) is 0 Å². The predicted molar refractivity (Wildman–Crippen MR) is 47.2 cm³/mol. The number of hydrogen-bond acceptors (Lipinski definition) is 2. The summed E-state index contributed by atoms with van der Waals surface area (Å²) in [7, 11) is 0. The summed E-state index contributed by atoms with van der Waals surface area (Å²) in [6.45, 7) is 0.165. The van der Waals surface area contributed by atoms with Crippen molar-refractivity contribution in [3.05, 3.63) is 24.0 Å². The molecule has 2 rings (SSSR count). The number of hydrogen-bond donors (Lipinski definition) is 3. The highest BCUT2D eigenvalue weighted by atomic mass is 16.3. The summed E-state index contributed by atoms with van der Waals surface area (Å²) in [5, 5.41) is 11.6. The van der Waals surface area contributed by atoms with Crippen LogP contribution in [0.25, 0.3) is 0 Å². The molecule has 13 heavy (non-hydrogen) atoms. The lowest BCUT2D eigenvalue weighted by atomic mass is 10.3. The largest absolute Gasteiger partial charge is 0.396 e. The van der Waals surface area contributed by atoms with Crippen molar-refractivity contribution in [1.29, 1.82) is 0 Å². The van der Waals surface area contributed by atoms with Gasteiger partial charge in [-0.2, -0.15) is 0 Å². The third kappa shape index (κ3) is 1.72. The fraction of sp³-hybridized carbons (Fsp3) is 0.444. The van der Waals surface area contributed by atoms with E-state index in [2.05, 4.69) is 10.3 Å². The Morgan fingerprint density at radius 1 is 1.77 bits per heavy atom. The first kappa shape index (κ1) is 8.31. The third-order valence-electron chi connectivity index (χ3n) is 2.33. The average Bonchev–Trinajstić information content (AvgIpc) is 2.68. The van der Waals surface area contributed by atoms with Crippen LogP contribution < -0.4 is 5.32 Å². The van der Waals surface area contributed by atoms with Crippen molar-refractivity contribution in [2.75, 3.05) is 6.61 Å². The highest BCUT2D eigenvalue weighted by Crippen LogP contribution is 2.29. The van der Waals surface area contributed by atoms with Crippen molar-refractivity contribution in [2.45, 2.75) is 12.5 Å². The second-order valence-electron chi connectivity index (χ2n) is 3.36. The Morgan fingerprint density at radius 3 is 3.15 bits per heavy atom. The molecule has 0 spiro atoms. The van der Waals surface area contributed by atoms with Gasteiger partial charge in [0.05, 0.1) is 5.56 Å². The van der Waals surface area contributed by atoms with Gasteiger partial charge < -0.3 is 15.4 Å². The number of carbonyl (C=O) groups is 1. The fourth-order valence-electron chi connectivity index (χ4n) is 1.34. The number of H-pyrrole nitrogens is 1. The van der Waals surface area contributed by atoms with E-state index in [0.29, 0.717) is 5.56 Å². The van der Waals surface area contributed by atoms with E-state index in [1.807, 2.05) is 0 Å². The van der Waals surface area contributed by atoms with Gasteiger partial charge in [0.25, 0.3) is 5.91 Å². The minimum Gasteiger partial charge on any atom is -0.396 e. The van der Waals surface area contributed by atoms with E-state index >= 15 is 0 Å². The molecule has 0 aromatic carbocycles. The summed E-state index contributed by atoms with van der Waals surface area (Å²) in [5.41, 5.74) is 0.642. The van der Waals surface area contributed by atoms with Gasteiger partial charge >= 0.3 is 0 Å². The smallest absolute Gasteiger partial charge is 0.253 e. The van der Waals surface area contributed by atoms with Crippen molar-refractivity contribution in [3.8, 4) is 0 Å². The molecule has 0 bridgehead atoms. The molecular formula is C9H12N2O2. The minimum atomic E-state index is -0.0674. The second-order valence-corrected chi connectivity index (χ2v) is 3.36. The normalized spacial score (nSPS) is 25.6. The van der Waals surface area contributed by atoms with E-state index in [1.54, 1.807) is 18.5 Å². The Balaban J connectivity index is 1.87. The molecule has 4 nitrogen and oxygen atoms in total. The van der Waals surface area contributed by atoms with Crippen molar-refractivity contribution >= 4 is 5.91 Å².